The molecule has 1 aromatic heterocycles. The Balaban J connectivity index is 1.91. The molecule has 9 nitrogen and oxygen atoms in total. The summed E-state index contributed by atoms with van der Waals surface area (Å²) in [5.74, 6) is -1.44. The van der Waals surface area contributed by atoms with Crippen LogP contribution in [0.1, 0.15) is 22.5 Å². The van der Waals surface area contributed by atoms with E-state index in [4.69, 9.17) is 9.47 Å². The number of ether oxygens (including phenoxy) is 3. The van der Waals surface area contributed by atoms with Crippen LogP contribution in [-0.2, 0) is 30.4 Å². The van der Waals surface area contributed by atoms with Gasteiger partial charge in [0, 0.05) is 5.56 Å². The van der Waals surface area contributed by atoms with E-state index in [2.05, 4.69) is 19.9 Å². The predicted octanol–water partition coefficient (Wildman–Crippen LogP) is 3.08. The normalized spacial score (nSPS) is 11.8. The zero-order valence-corrected chi connectivity index (χ0v) is 18.8. The Morgan fingerprint density at radius 1 is 0.970 bits per heavy atom. The molecule has 0 spiro atoms. The van der Waals surface area contributed by atoms with Crippen molar-refractivity contribution in [2.75, 3.05) is 14.2 Å². The molecular weight excluding hydrogens is 424 g/mol. The van der Waals surface area contributed by atoms with E-state index < -0.39 is 11.9 Å². The molecule has 9 heteroatoms. The number of hydrogen-bond acceptors (Lipinski definition) is 8. The van der Waals surface area contributed by atoms with Gasteiger partial charge in [-0.3, -0.25) is 0 Å². The van der Waals surface area contributed by atoms with Gasteiger partial charge in [0.15, 0.2) is 5.70 Å². The lowest BCUT2D eigenvalue weighted by atomic mass is 10.2. The van der Waals surface area contributed by atoms with Crippen molar-refractivity contribution >= 4 is 17.8 Å². The minimum atomic E-state index is -0.807. The van der Waals surface area contributed by atoms with Gasteiger partial charge in [-0.2, -0.15) is 9.90 Å². The Kier molecular flexibility index (Phi) is 7.69. The fourth-order valence-electron chi connectivity index (χ4n) is 2.75. The summed E-state index contributed by atoms with van der Waals surface area (Å²) < 4.78 is 15.3. The molecule has 0 amide bonds. The Hall–Kier alpha value is -4.27. The first kappa shape index (κ1) is 23.4. The summed E-state index contributed by atoms with van der Waals surface area (Å²) in [7, 11) is 2.39. The highest BCUT2D eigenvalue weighted by atomic mass is 16.5. The summed E-state index contributed by atoms with van der Waals surface area (Å²) in [5, 5.41) is 8.97. The van der Waals surface area contributed by atoms with E-state index >= 15 is 0 Å². The summed E-state index contributed by atoms with van der Waals surface area (Å²) in [5.41, 5.74) is 3.57. The van der Waals surface area contributed by atoms with Crippen molar-refractivity contribution < 1.29 is 23.8 Å². The zero-order chi connectivity index (χ0) is 23.8. The molecule has 0 radical (unpaired) electrons. The van der Waals surface area contributed by atoms with Crippen LogP contribution in [0.3, 0.4) is 0 Å². The van der Waals surface area contributed by atoms with E-state index in [1.165, 1.54) is 19.0 Å². The Labute approximate surface area is 191 Å². The standard InChI is InChI=1S/C24H24N4O5/c1-16-10-12-19(13-11-16)28-26-17(2)21(27-28)15-33-23(18-8-6-5-7-9-18)25-20(24(30)32-4)14-22(29)31-3/h5-14H,15H2,1-4H3/b20-14+,25-23?. The van der Waals surface area contributed by atoms with Crippen LogP contribution >= 0.6 is 0 Å². The van der Waals surface area contributed by atoms with Crippen molar-refractivity contribution in [2.24, 2.45) is 4.99 Å². The van der Waals surface area contributed by atoms with Crippen LogP contribution in [0.4, 0.5) is 0 Å². The Morgan fingerprint density at radius 3 is 2.30 bits per heavy atom. The van der Waals surface area contributed by atoms with Gasteiger partial charge in [0.05, 0.1) is 31.7 Å². The highest BCUT2D eigenvalue weighted by Crippen LogP contribution is 2.14. The zero-order valence-electron chi connectivity index (χ0n) is 18.8. The number of carbonyl (C=O) groups is 2. The SMILES string of the molecule is COC(=O)/C=C(/N=C(OCc1nn(-c2ccc(C)cc2)nc1C)c1ccccc1)C(=O)OC. The van der Waals surface area contributed by atoms with Crippen LogP contribution in [-0.4, -0.2) is 47.0 Å². The molecule has 0 aliphatic rings. The third-order valence-electron chi connectivity index (χ3n) is 4.58. The van der Waals surface area contributed by atoms with Gasteiger partial charge in [0.2, 0.25) is 5.90 Å². The van der Waals surface area contributed by atoms with Gasteiger partial charge >= 0.3 is 11.9 Å². The van der Waals surface area contributed by atoms with E-state index in [1.54, 1.807) is 24.3 Å². The average Bonchev–Trinajstić information content (AvgIpc) is 3.21. The molecule has 0 saturated heterocycles. The minimum absolute atomic E-state index is 0.0398. The number of aryl methyl sites for hydroxylation is 2. The van der Waals surface area contributed by atoms with Crippen LogP contribution in [0, 0.1) is 13.8 Å². The number of carbonyl (C=O) groups excluding carboxylic acids is 2. The molecule has 170 valence electrons. The van der Waals surface area contributed by atoms with Crippen LogP contribution in [0.2, 0.25) is 0 Å². The molecule has 0 saturated carbocycles. The predicted molar refractivity (Wildman–Crippen MR) is 121 cm³/mol. The quantitative estimate of drug-likeness (QED) is 0.237. The smallest absolute Gasteiger partial charge is 0.357 e. The number of aromatic nitrogens is 3. The fraction of sp³-hybridized carbons (Fsp3) is 0.208. The molecule has 0 fully saturated rings. The molecule has 1 heterocycles. The van der Waals surface area contributed by atoms with Gasteiger partial charge in [-0.05, 0) is 38.1 Å². The van der Waals surface area contributed by atoms with Crippen molar-refractivity contribution in [1.29, 1.82) is 0 Å². The lowest BCUT2D eigenvalue weighted by Gasteiger charge is -2.10. The first-order valence-corrected chi connectivity index (χ1v) is 10.1. The lowest BCUT2D eigenvalue weighted by molar-refractivity contribution is -0.138. The van der Waals surface area contributed by atoms with E-state index in [0.717, 1.165) is 17.3 Å². The second-order valence-electron chi connectivity index (χ2n) is 6.97. The largest absolute Gasteiger partial charge is 0.471 e. The molecular formula is C24H24N4O5. The van der Waals surface area contributed by atoms with Crippen molar-refractivity contribution in [3.63, 3.8) is 0 Å². The summed E-state index contributed by atoms with van der Waals surface area (Å²) >= 11 is 0. The summed E-state index contributed by atoms with van der Waals surface area (Å²) in [6.45, 7) is 3.87. The third kappa shape index (κ3) is 6.13. The van der Waals surface area contributed by atoms with E-state index in [9.17, 15) is 9.59 Å². The lowest BCUT2D eigenvalue weighted by Crippen LogP contribution is -2.13. The van der Waals surface area contributed by atoms with Gasteiger partial charge in [-0.25, -0.2) is 14.6 Å². The number of methoxy groups -OCH3 is 2. The highest BCUT2D eigenvalue weighted by Gasteiger charge is 2.17. The maximum Gasteiger partial charge on any atom is 0.357 e. The van der Waals surface area contributed by atoms with Crippen LogP contribution < -0.4 is 0 Å². The van der Waals surface area contributed by atoms with Crippen LogP contribution in [0.15, 0.2) is 71.4 Å². The molecule has 0 N–H and O–H groups in total. The van der Waals surface area contributed by atoms with Gasteiger partial charge in [0.25, 0.3) is 0 Å². The molecule has 0 aliphatic carbocycles. The topological polar surface area (TPSA) is 105 Å². The maximum absolute atomic E-state index is 12.2. The summed E-state index contributed by atoms with van der Waals surface area (Å²) in [4.78, 5) is 29.6. The van der Waals surface area contributed by atoms with Gasteiger partial charge in [-0.15, -0.1) is 5.10 Å². The van der Waals surface area contributed by atoms with Gasteiger partial charge in [0.1, 0.15) is 12.3 Å². The monoisotopic (exact) mass is 448 g/mol. The molecule has 2 aromatic carbocycles. The molecule has 0 unspecified atom stereocenters. The second-order valence-corrected chi connectivity index (χ2v) is 6.97. The number of rotatable bonds is 7. The number of aliphatic imine (C=N–C) groups is 1. The number of esters is 2. The Morgan fingerprint density at radius 2 is 1.67 bits per heavy atom. The maximum atomic E-state index is 12.2. The molecule has 3 aromatic rings. The first-order chi connectivity index (χ1) is 15.9. The van der Waals surface area contributed by atoms with E-state index in [-0.39, 0.29) is 18.2 Å². The van der Waals surface area contributed by atoms with Crippen molar-refractivity contribution in [2.45, 2.75) is 20.5 Å². The molecule has 0 atom stereocenters. The second kappa shape index (κ2) is 10.9. The molecule has 33 heavy (non-hydrogen) atoms. The van der Waals surface area contributed by atoms with Crippen LogP contribution in [0.5, 0.6) is 0 Å². The average molecular weight is 448 g/mol. The molecule has 3 rings (SSSR count). The highest BCUT2D eigenvalue weighted by molar-refractivity contribution is 6.01. The first-order valence-electron chi connectivity index (χ1n) is 10.1. The number of nitrogens with zero attached hydrogens (tertiary/aromatic N) is 4. The van der Waals surface area contributed by atoms with E-state index in [1.807, 2.05) is 44.2 Å². The third-order valence-corrected chi connectivity index (χ3v) is 4.58. The number of hydrogen-bond donors (Lipinski definition) is 0. The number of benzene rings is 2. The molecule has 0 aliphatic heterocycles. The van der Waals surface area contributed by atoms with Gasteiger partial charge in [-0.1, -0.05) is 35.9 Å². The van der Waals surface area contributed by atoms with Crippen molar-refractivity contribution in [1.82, 2.24) is 15.0 Å². The fourth-order valence-corrected chi connectivity index (χ4v) is 2.75. The summed E-state index contributed by atoms with van der Waals surface area (Å²) in [6.07, 6.45) is 0.942. The minimum Gasteiger partial charge on any atom is -0.471 e. The van der Waals surface area contributed by atoms with Crippen LogP contribution in [0.25, 0.3) is 5.69 Å². The Bertz CT molecular complexity index is 1180. The van der Waals surface area contributed by atoms with E-state index in [0.29, 0.717) is 17.0 Å². The van der Waals surface area contributed by atoms with Crippen molar-refractivity contribution in [3.05, 3.63) is 88.9 Å². The summed E-state index contributed by atoms with van der Waals surface area (Å²) in [6, 6.07) is 16.8. The van der Waals surface area contributed by atoms with Gasteiger partial charge < -0.3 is 14.2 Å². The molecule has 0 bridgehead atoms. The van der Waals surface area contributed by atoms with Crippen molar-refractivity contribution in [3.8, 4) is 5.69 Å².